The van der Waals surface area contributed by atoms with Crippen molar-refractivity contribution in [3.63, 3.8) is 0 Å². The summed E-state index contributed by atoms with van der Waals surface area (Å²) < 4.78 is 14.4. The molecule has 2 aromatic rings. The summed E-state index contributed by atoms with van der Waals surface area (Å²) in [6.07, 6.45) is 3.39. The average molecular weight is 410 g/mol. The van der Waals surface area contributed by atoms with Crippen LogP contribution >= 0.6 is 0 Å². The Morgan fingerprint density at radius 1 is 1.03 bits per heavy atom. The zero-order valence-corrected chi connectivity index (χ0v) is 17.4. The number of piperazine rings is 1. The standard InChI is InChI=1S/C24H28FN3O2/c1-18(29)19-8-9-22(21(25)16-19)27-12-14-28(15-13-27)23(30)26-17-24(10-5-11-24)20-6-3-2-4-7-20/h2-4,6-9,16H,5,10-15,17H2,1H3,(H,26,30). The molecular formula is C24H28FN3O2. The number of benzene rings is 2. The molecule has 158 valence electrons. The van der Waals surface area contributed by atoms with Gasteiger partial charge >= 0.3 is 6.03 Å². The van der Waals surface area contributed by atoms with Gasteiger partial charge in [-0.3, -0.25) is 4.79 Å². The second kappa shape index (κ2) is 8.46. The van der Waals surface area contributed by atoms with Gasteiger partial charge in [0.2, 0.25) is 0 Å². The van der Waals surface area contributed by atoms with Crippen molar-refractivity contribution >= 4 is 17.5 Å². The first kappa shape index (κ1) is 20.4. The van der Waals surface area contributed by atoms with E-state index < -0.39 is 5.82 Å². The molecule has 1 saturated heterocycles. The first-order valence-electron chi connectivity index (χ1n) is 10.6. The van der Waals surface area contributed by atoms with E-state index in [1.807, 2.05) is 11.0 Å². The molecular weight excluding hydrogens is 381 g/mol. The first-order valence-corrected chi connectivity index (χ1v) is 10.6. The van der Waals surface area contributed by atoms with Crippen molar-refractivity contribution < 1.29 is 14.0 Å². The number of urea groups is 1. The Morgan fingerprint density at radius 3 is 2.30 bits per heavy atom. The molecule has 2 amide bonds. The molecule has 4 rings (SSSR count). The topological polar surface area (TPSA) is 52.7 Å². The summed E-state index contributed by atoms with van der Waals surface area (Å²) in [7, 11) is 0. The molecule has 0 bridgehead atoms. The molecule has 6 heteroatoms. The van der Waals surface area contributed by atoms with Crippen molar-refractivity contribution in [2.75, 3.05) is 37.6 Å². The van der Waals surface area contributed by atoms with E-state index in [0.29, 0.717) is 44.0 Å². The van der Waals surface area contributed by atoms with Crippen LogP contribution in [0.25, 0.3) is 0 Å². The van der Waals surface area contributed by atoms with Crippen LogP contribution in [0, 0.1) is 5.82 Å². The fourth-order valence-corrected chi connectivity index (χ4v) is 4.45. The number of hydrogen-bond acceptors (Lipinski definition) is 3. The lowest BCUT2D eigenvalue weighted by molar-refractivity contribution is 0.101. The van der Waals surface area contributed by atoms with Crippen LogP contribution in [0.15, 0.2) is 48.5 Å². The van der Waals surface area contributed by atoms with Crippen LogP contribution in [-0.4, -0.2) is 49.4 Å². The van der Waals surface area contributed by atoms with Crippen molar-refractivity contribution in [2.24, 2.45) is 0 Å². The lowest BCUT2D eigenvalue weighted by atomic mass is 9.64. The van der Waals surface area contributed by atoms with Crippen molar-refractivity contribution in [3.8, 4) is 0 Å². The third-order valence-corrected chi connectivity index (χ3v) is 6.54. The largest absolute Gasteiger partial charge is 0.366 e. The third kappa shape index (κ3) is 4.04. The second-order valence-electron chi connectivity index (χ2n) is 8.36. The summed E-state index contributed by atoms with van der Waals surface area (Å²) in [6, 6.07) is 15.0. The Balaban J connectivity index is 1.32. The molecule has 0 radical (unpaired) electrons. The smallest absolute Gasteiger partial charge is 0.317 e. The van der Waals surface area contributed by atoms with Gasteiger partial charge in [-0.15, -0.1) is 0 Å². The van der Waals surface area contributed by atoms with Crippen LogP contribution in [0.5, 0.6) is 0 Å². The van der Waals surface area contributed by atoms with Crippen molar-refractivity contribution in [2.45, 2.75) is 31.6 Å². The number of ketones is 1. The minimum absolute atomic E-state index is 0.0516. The van der Waals surface area contributed by atoms with E-state index in [1.54, 1.807) is 17.0 Å². The Kier molecular flexibility index (Phi) is 5.75. The zero-order valence-electron chi connectivity index (χ0n) is 17.4. The van der Waals surface area contributed by atoms with Gasteiger partial charge in [0.05, 0.1) is 5.69 Å². The molecule has 5 nitrogen and oxygen atoms in total. The third-order valence-electron chi connectivity index (χ3n) is 6.54. The van der Waals surface area contributed by atoms with E-state index in [1.165, 1.54) is 25.0 Å². The van der Waals surface area contributed by atoms with E-state index in [9.17, 15) is 14.0 Å². The van der Waals surface area contributed by atoms with Gasteiger partial charge in [0, 0.05) is 43.7 Å². The van der Waals surface area contributed by atoms with Gasteiger partial charge in [-0.25, -0.2) is 9.18 Å². The molecule has 0 aromatic heterocycles. The number of carbonyl (C=O) groups is 2. The number of halogens is 1. The van der Waals surface area contributed by atoms with E-state index in [-0.39, 0.29) is 17.2 Å². The Morgan fingerprint density at radius 2 is 1.73 bits per heavy atom. The molecule has 2 aliphatic rings. The number of amides is 2. The molecule has 1 N–H and O–H groups in total. The Bertz CT molecular complexity index is 919. The summed E-state index contributed by atoms with van der Waals surface area (Å²) in [6.45, 7) is 4.28. The molecule has 1 aliphatic carbocycles. The number of Topliss-reactive ketones (excluding diaryl/α,β-unsaturated/α-hetero) is 1. The lowest BCUT2D eigenvalue weighted by Crippen LogP contribution is -2.54. The fourth-order valence-electron chi connectivity index (χ4n) is 4.45. The van der Waals surface area contributed by atoms with Crippen molar-refractivity contribution in [3.05, 3.63) is 65.5 Å². The van der Waals surface area contributed by atoms with Gasteiger partial charge in [-0.2, -0.15) is 0 Å². The van der Waals surface area contributed by atoms with Gasteiger partial charge in [0.1, 0.15) is 5.82 Å². The maximum Gasteiger partial charge on any atom is 0.317 e. The molecule has 1 saturated carbocycles. The van der Waals surface area contributed by atoms with Crippen molar-refractivity contribution in [1.29, 1.82) is 0 Å². The molecule has 0 unspecified atom stereocenters. The van der Waals surface area contributed by atoms with Gasteiger partial charge < -0.3 is 15.1 Å². The normalized spacial score (nSPS) is 17.9. The van der Waals surface area contributed by atoms with Gasteiger partial charge in [0.25, 0.3) is 0 Å². The number of hydrogen-bond donors (Lipinski definition) is 1. The summed E-state index contributed by atoms with van der Waals surface area (Å²) in [5.74, 6) is -0.544. The number of carbonyl (C=O) groups excluding carboxylic acids is 2. The van der Waals surface area contributed by atoms with E-state index >= 15 is 0 Å². The highest BCUT2D eigenvalue weighted by Gasteiger charge is 2.39. The highest BCUT2D eigenvalue weighted by molar-refractivity contribution is 5.94. The predicted molar refractivity (Wildman–Crippen MR) is 116 cm³/mol. The van der Waals surface area contributed by atoms with Crippen LogP contribution in [0.2, 0.25) is 0 Å². The molecule has 2 fully saturated rings. The minimum Gasteiger partial charge on any atom is -0.366 e. The van der Waals surface area contributed by atoms with Gasteiger partial charge in [-0.1, -0.05) is 36.8 Å². The summed E-state index contributed by atoms with van der Waals surface area (Å²) in [5, 5.41) is 3.14. The molecule has 1 aliphatic heterocycles. The Labute approximate surface area is 176 Å². The SMILES string of the molecule is CC(=O)c1ccc(N2CCN(C(=O)NCC3(c4ccccc4)CCC3)CC2)c(F)c1. The number of anilines is 1. The van der Waals surface area contributed by atoms with E-state index in [2.05, 4.69) is 29.6 Å². The monoisotopic (exact) mass is 409 g/mol. The van der Waals surface area contributed by atoms with Crippen LogP contribution in [0.3, 0.4) is 0 Å². The molecule has 0 atom stereocenters. The predicted octanol–water partition coefficient (Wildman–Crippen LogP) is 3.98. The quantitative estimate of drug-likeness (QED) is 0.760. The summed E-state index contributed by atoms with van der Waals surface area (Å²) >= 11 is 0. The molecule has 2 aromatic carbocycles. The maximum atomic E-state index is 14.4. The van der Waals surface area contributed by atoms with Crippen LogP contribution in [-0.2, 0) is 5.41 Å². The zero-order chi connectivity index (χ0) is 21.1. The number of rotatable bonds is 5. The Hall–Kier alpha value is -2.89. The lowest BCUT2D eigenvalue weighted by Gasteiger charge is -2.43. The van der Waals surface area contributed by atoms with E-state index in [4.69, 9.17) is 0 Å². The van der Waals surface area contributed by atoms with E-state index in [0.717, 1.165) is 12.8 Å². The number of nitrogens with one attached hydrogen (secondary N) is 1. The van der Waals surface area contributed by atoms with Gasteiger partial charge in [0.15, 0.2) is 5.78 Å². The summed E-state index contributed by atoms with van der Waals surface area (Å²) in [5.41, 5.74) is 2.21. The van der Waals surface area contributed by atoms with Crippen molar-refractivity contribution in [1.82, 2.24) is 10.2 Å². The van der Waals surface area contributed by atoms with Crippen LogP contribution < -0.4 is 10.2 Å². The fraction of sp³-hybridized carbons (Fsp3) is 0.417. The second-order valence-corrected chi connectivity index (χ2v) is 8.36. The van der Waals surface area contributed by atoms with Gasteiger partial charge in [-0.05, 0) is 43.5 Å². The number of nitrogens with zero attached hydrogens (tertiary/aromatic N) is 2. The summed E-state index contributed by atoms with van der Waals surface area (Å²) in [4.78, 5) is 27.9. The molecule has 30 heavy (non-hydrogen) atoms. The highest BCUT2D eigenvalue weighted by atomic mass is 19.1. The van der Waals surface area contributed by atoms with Crippen LogP contribution in [0.1, 0.15) is 42.1 Å². The highest BCUT2D eigenvalue weighted by Crippen LogP contribution is 2.43. The minimum atomic E-state index is -0.393. The first-order chi connectivity index (χ1) is 14.5. The molecule has 0 spiro atoms. The average Bonchev–Trinajstić information content (AvgIpc) is 2.73. The molecule has 1 heterocycles. The maximum absolute atomic E-state index is 14.4. The van der Waals surface area contributed by atoms with Crippen LogP contribution in [0.4, 0.5) is 14.9 Å².